The van der Waals surface area contributed by atoms with Gasteiger partial charge < -0.3 is 4.90 Å². The number of nitrogens with zero attached hydrogens (tertiary/aromatic N) is 3. The van der Waals surface area contributed by atoms with E-state index in [1.54, 1.807) is 11.0 Å². The number of carbonyl (C=O) groups excluding carboxylic acids is 2. The summed E-state index contributed by atoms with van der Waals surface area (Å²) in [7, 11) is 0. The van der Waals surface area contributed by atoms with Crippen LogP contribution >= 0.6 is 15.9 Å². The molecule has 4 rings (SSSR count). The fourth-order valence-corrected chi connectivity index (χ4v) is 4.70. The van der Waals surface area contributed by atoms with Crippen LogP contribution < -0.4 is 5.56 Å². The fraction of sp³-hybridized carbons (Fsp3) is 0.357. The minimum Gasteiger partial charge on any atom is -0.330 e. The van der Waals surface area contributed by atoms with Crippen LogP contribution in [0.4, 0.5) is 0 Å². The first-order chi connectivity index (χ1) is 16.6. The van der Waals surface area contributed by atoms with E-state index in [0.717, 1.165) is 15.6 Å². The molecule has 1 aliphatic heterocycles. The lowest BCUT2D eigenvalue weighted by Crippen LogP contribution is -2.46. The number of halogens is 1. The number of Topliss-reactive ketones (excluding diaryl/α,β-unsaturated/α-hetero) is 1. The molecule has 2 heterocycles. The van der Waals surface area contributed by atoms with Crippen molar-refractivity contribution >= 4 is 27.6 Å². The van der Waals surface area contributed by atoms with Gasteiger partial charge in [-0.05, 0) is 69.0 Å². The largest absolute Gasteiger partial charge is 0.330 e. The zero-order chi connectivity index (χ0) is 25.4. The van der Waals surface area contributed by atoms with Crippen LogP contribution in [-0.2, 0) is 13.0 Å². The van der Waals surface area contributed by atoms with Crippen molar-refractivity contribution in [3.8, 4) is 5.69 Å². The highest BCUT2D eigenvalue weighted by atomic mass is 79.9. The minimum absolute atomic E-state index is 0.113. The summed E-state index contributed by atoms with van der Waals surface area (Å²) in [5, 5.41) is 0. The van der Waals surface area contributed by atoms with Crippen LogP contribution in [0.25, 0.3) is 5.69 Å². The van der Waals surface area contributed by atoms with E-state index >= 15 is 0 Å². The molecule has 6 nitrogen and oxygen atoms in total. The molecule has 1 atom stereocenters. The maximum Gasteiger partial charge on any atom is 0.262 e. The van der Waals surface area contributed by atoms with Gasteiger partial charge in [-0.2, -0.15) is 0 Å². The summed E-state index contributed by atoms with van der Waals surface area (Å²) >= 11 is 3.48. The summed E-state index contributed by atoms with van der Waals surface area (Å²) in [6.07, 6.45) is 0.668. The molecule has 3 aromatic rings. The first-order valence-corrected chi connectivity index (χ1v) is 12.7. The summed E-state index contributed by atoms with van der Waals surface area (Å²) < 4.78 is 2.39. The number of amides is 1. The maximum absolute atomic E-state index is 13.7. The lowest BCUT2D eigenvalue weighted by atomic mass is 9.97. The van der Waals surface area contributed by atoms with Gasteiger partial charge in [0.05, 0.1) is 17.9 Å². The molecule has 0 saturated carbocycles. The highest BCUT2D eigenvalue weighted by Gasteiger charge is 2.33. The molecule has 1 aliphatic rings. The molecule has 7 heteroatoms. The van der Waals surface area contributed by atoms with Gasteiger partial charge in [0.2, 0.25) is 0 Å². The molecule has 0 fully saturated rings. The number of aromatic nitrogens is 2. The Morgan fingerprint density at radius 3 is 2.43 bits per heavy atom. The maximum atomic E-state index is 13.7. The first kappa shape index (κ1) is 25.0. The Balaban J connectivity index is 1.80. The summed E-state index contributed by atoms with van der Waals surface area (Å²) in [6.45, 7) is 9.98. The number of ketones is 1. The second-order valence-electron chi connectivity index (χ2n) is 9.81. The number of benzene rings is 2. The SMILES string of the molecule is Cc1ccc(-n2c(C(=O)CC(C)C)nc3c(c2=O)CC(C)N(C(=O)c2ccc(Br)c(C)c2)C3)cc1. The second-order valence-corrected chi connectivity index (χ2v) is 10.7. The Kier molecular flexibility index (Phi) is 7.08. The Labute approximate surface area is 214 Å². The molecule has 35 heavy (non-hydrogen) atoms. The van der Waals surface area contributed by atoms with Gasteiger partial charge >= 0.3 is 0 Å². The Morgan fingerprint density at radius 1 is 1.11 bits per heavy atom. The number of rotatable bonds is 5. The average Bonchev–Trinajstić information content (AvgIpc) is 2.80. The molecule has 0 N–H and O–H groups in total. The molecule has 182 valence electrons. The Hall–Kier alpha value is -3.06. The Bertz CT molecular complexity index is 1360. The fourth-order valence-electron chi connectivity index (χ4n) is 4.46. The van der Waals surface area contributed by atoms with E-state index in [1.807, 2.05) is 71.0 Å². The van der Waals surface area contributed by atoms with E-state index in [4.69, 9.17) is 4.98 Å². The van der Waals surface area contributed by atoms with Crippen LogP contribution in [0.2, 0.25) is 0 Å². The van der Waals surface area contributed by atoms with Crippen LogP contribution in [0.15, 0.2) is 51.7 Å². The predicted molar refractivity (Wildman–Crippen MR) is 140 cm³/mol. The van der Waals surface area contributed by atoms with Gasteiger partial charge in [0.1, 0.15) is 0 Å². The van der Waals surface area contributed by atoms with E-state index in [0.29, 0.717) is 28.9 Å². The molecule has 1 aromatic heterocycles. The van der Waals surface area contributed by atoms with E-state index < -0.39 is 0 Å². The summed E-state index contributed by atoms with van der Waals surface area (Å²) in [6, 6.07) is 12.9. The van der Waals surface area contributed by atoms with Crippen molar-refractivity contribution in [3.63, 3.8) is 0 Å². The molecule has 2 aromatic carbocycles. The molecule has 0 saturated heterocycles. The van der Waals surface area contributed by atoms with Gasteiger partial charge in [0, 0.05) is 28.1 Å². The second kappa shape index (κ2) is 9.90. The Morgan fingerprint density at radius 2 is 1.80 bits per heavy atom. The molecule has 0 bridgehead atoms. The molecule has 0 spiro atoms. The molecule has 1 amide bonds. The quantitative estimate of drug-likeness (QED) is 0.408. The van der Waals surface area contributed by atoms with Crippen LogP contribution in [0.3, 0.4) is 0 Å². The monoisotopic (exact) mass is 535 g/mol. The average molecular weight is 536 g/mol. The number of hydrogen-bond donors (Lipinski definition) is 0. The molecular formula is C28H30BrN3O3. The van der Waals surface area contributed by atoms with Crippen LogP contribution in [0.1, 0.15) is 70.6 Å². The summed E-state index contributed by atoms with van der Waals surface area (Å²) in [4.78, 5) is 46.8. The minimum atomic E-state index is -0.232. The zero-order valence-electron chi connectivity index (χ0n) is 20.8. The van der Waals surface area contributed by atoms with Crippen molar-refractivity contribution in [2.45, 2.75) is 60.0 Å². The van der Waals surface area contributed by atoms with Gasteiger partial charge in [0.25, 0.3) is 11.5 Å². The van der Waals surface area contributed by atoms with Crippen LogP contribution in [0, 0.1) is 19.8 Å². The van der Waals surface area contributed by atoms with Gasteiger partial charge in [-0.1, -0.05) is 47.5 Å². The van der Waals surface area contributed by atoms with Crippen LogP contribution in [0.5, 0.6) is 0 Å². The molecule has 1 unspecified atom stereocenters. The van der Waals surface area contributed by atoms with E-state index in [2.05, 4.69) is 15.9 Å². The van der Waals surface area contributed by atoms with Crippen molar-refractivity contribution in [3.05, 3.63) is 91.1 Å². The topological polar surface area (TPSA) is 72.3 Å². The highest BCUT2D eigenvalue weighted by molar-refractivity contribution is 9.10. The normalized spacial score (nSPS) is 15.3. The van der Waals surface area contributed by atoms with Gasteiger partial charge in [0.15, 0.2) is 11.6 Å². The van der Waals surface area contributed by atoms with Crippen molar-refractivity contribution < 1.29 is 9.59 Å². The predicted octanol–water partition coefficient (Wildman–Crippen LogP) is 5.43. The highest BCUT2D eigenvalue weighted by Crippen LogP contribution is 2.25. The van der Waals surface area contributed by atoms with E-state index in [9.17, 15) is 14.4 Å². The zero-order valence-corrected chi connectivity index (χ0v) is 22.3. The summed E-state index contributed by atoms with van der Waals surface area (Å²) in [5.74, 6) is -0.0350. The van der Waals surface area contributed by atoms with Gasteiger partial charge in [-0.15, -0.1) is 0 Å². The number of carbonyl (C=O) groups is 2. The van der Waals surface area contributed by atoms with E-state index in [-0.39, 0.29) is 48.0 Å². The van der Waals surface area contributed by atoms with Crippen molar-refractivity contribution in [2.24, 2.45) is 5.92 Å². The third-order valence-corrected chi connectivity index (χ3v) is 7.30. The number of fused-ring (bicyclic) bond motifs is 1. The standard InChI is InChI=1S/C28H30BrN3O3/c1-16(2)12-25(33)26-30-24-15-31(27(34)20-8-11-23(29)18(4)13-20)19(5)14-22(24)28(35)32(26)21-9-6-17(3)7-10-21/h6-11,13,16,19H,12,14-15H2,1-5H3. The van der Waals surface area contributed by atoms with Gasteiger partial charge in [-0.25, -0.2) is 4.98 Å². The third kappa shape index (κ3) is 5.01. The van der Waals surface area contributed by atoms with Crippen molar-refractivity contribution in [1.82, 2.24) is 14.5 Å². The molecule has 0 radical (unpaired) electrons. The number of aryl methyl sites for hydroxylation is 2. The smallest absolute Gasteiger partial charge is 0.262 e. The lowest BCUT2D eigenvalue weighted by Gasteiger charge is -2.34. The molecule has 0 aliphatic carbocycles. The summed E-state index contributed by atoms with van der Waals surface area (Å²) in [5.41, 5.74) is 4.09. The first-order valence-electron chi connectivity index (χ1n) is 11.9. The molecular weight excluding hydrogens is 506 g/mol. The third-order valence-electron chi connectivity index (χ3n) is 6.41. The lowest BCUT2D eigenvalue weighted by molar-refractivity contribution is 0.0652. The van der Waals surface area contributed by atoms with Crippen LogP contribution in [-0.4, -0.2) is 32.2 Å². The van der Waals surface area contributed by atoms with Crippen molar-refractivity contribution in [1.29, 1.82) is 0 Å². The number of hydrogen-bond acceptors (Lipinski definition) is 4. The van der Waals surface area contributed by atoms with Gasteiger partial charge in [-0.3, -0.25) is 19.0 Å². The van der Waals surface area contributed by atoms with E-state index in [1.165, 1.54) is 4.57 Å². The van der Waals surface area contributed by atoms with Crippen molar-refractivity contribution in [2.75, 3.05) is 0 Å².